The Kier molecular flexibility index (Phi) is 4.38. The predicted octanol–water partition coefficient (Wildman–Crippen LogP) is 3.83. The molecular formula is C21H18N4O2. The predicted molar refractivity (Wildman–Crippen MR) is 102 cm³/mol. The fourth-order valence-electron chi connectivity index (χ4n) is 2.93. The summed E-state index contributed by atoms with van der Waals surface area (Å²) in [7, 11) is 0. The van der Waals surface area contributed by atoms with Crippen LogP contribution in [0.15, 0.2) is 59.4 Å². The molecule has 134 valence electrons. The number of carbonyl (C=O) groups excluding carboxylic acids is 1. The molecule has 6 nitrogen and oxygen atoms in total. The maximum Gasteiger partial charge on any atom is 0.259 e. The van der Waals surface area contributed by atoms with Gasteiger partial charge in [0.25, 0.3) is 11.6 Å². The highest BCUT2D eigenvalue weighted by molar-refractivity contribution is 6.06. The number of pyridine rings is 2. The van der Waals surface area contributed by atoms with Crippen LogP contribution >= 0.6 is 0 Å². The summed E-state index contributed by atoms with van der Waals surface area (Å²) in [6, 6.07) is 13.5. The zero-order valence-electron chi connectivity index (χ0n) is 15.1. The van der Waals surface area contributed by atoms with Gasteiger partial charge in [-0.15, -0.1) is 0 Å². The number of aromatic nitrogens is 3. The van der Waals surface area contributed by atoms with E-state index in [9.17, 15) is 4.79 Å². The van der Waals surface area contributed by atoms with Crippen LogP contribution in [0.3, 0.4) is 0 Å². The lowest BCUT2D eigenvalue weighted by atomic mass is 10.0. The molecule has 0 fully saturated rings. The van der Waals surface area contributed by atoms with Gasteiger partial charge in [-0.2, -0.15) is 0 Å². The van der Waals surface area contributed by atoms with E-state index >= 15 is 0 Å². The van der Waals surface area contributed by atoms with Crippen molar-refractivity contribution in [3.05, 3.63) is 77.2 Å². The third-order valence-electron chi connectivity index (χ3n) is 4.38. The van der Waals surface area contributed by atoms with E-state index in [-0.39, 0.29) is 5.91 Å². The normalized spacial score (nSPS) is 10.9. The van der Waals surface area contributed by atoms with Gasteiger partial charge in [-0.3, -0.25) is 9.78 Å². The highest BCUT2D eigenvalue weighted by Crippen LogP contribution is 2.27. The van der Waals surface area contributed by atoms with Crippen LogP contribution in [0.4, 0.5) is 0 Å². The quantitative estimate of drug-likeness (QED) is 0.600. The van der Waals surface area contributed by atoms with Gasteiger partial charge in [0.2, 0.25) is 0 Å². The molecule has 1 aromatic carbocycles. The van der Waals surface area contributed by atoms with E-state index in [4.69, 9.17) is 4.52 Å². The van der Waals surface area contributed by atoms with Crippen LogP contribution in [0.2, 0.25) is 0 Å². The highest BCUT2D eigenvalue weighted by atomic mass is 16.5. The van der Waals surface area contributed by atoms with Crippen molar-refractivity contribution in [3.63, 3.8) is 0 Å². The van der Waals surface area contributed by atoms with E-state index < -0.39 is 0 Å². The Balaban J connectivity index is 1.72. The average Bonchev–Trinajstić information content (AvgIpc) is 3.08. The molecule has 0 radical (unpaired) electrons. The Morgan fingerprint density at radius 1 is 1.15 bits per heavy atom. The Morgan fingerprint density at radius 2 is 1.96 bits per heavy atom. The third-order valence-corrected chi connectivity index (χ3v) is 4.38. The molecule has 27 heavy (non-hydrogen) atoms. The summed E-state index contributed by atoms with van der Waals surface area (Å²) in [6.07, 6.45) is 3.43. The molecule has 1 N–H and O–H groups in total. The first kappa shape index (κ1) is 16.9. The van der Waals surface area contributed by atoms with Gasteiger partial charge in [0.1, 0.15) is 0 Å². The van der Waals surface area contributed by atoms with Gasteiger partial charge in [-0.25, -0.2) is 4.98 Å². The lowest BCUT2D eigenvalue weighted by Crippen LogP contribution is -2.23. The summed E-state index contributed by atoms with van der Waals surface area (Å²) < 4.78 is 5.34. The lowest BCUT2D eigenvalue weighted by Gasteiger charge is -2.08. The van der Waals surface area contributed by atoms with Crippen molar-refractivity contribution in [2.24, 2.45) is 0 Å². The molecule has 0 aliphatic rings. The van der Waals surface area contributed by atoms with Gasteiger partial charge in [-0.05, 0) is 31.5 Å². The van der Waals surface area contributed by atoms with Crippen molar-refractivity contribution in [2.75, 3.05) is 0 Å². The van der Waals surface area contributed by atoms with Gasteiger partial charge in [0.15, 0.2) is 0 Å². The summed E-state index contributed by atoms with van der Waals surface area (Å²) in [5, 5.41) is 7.55. The monoisotopic (exact) mass is 358 g/mol. The molecule has 0 bridgehead atoms. The fourth-order valence-corrected chi connectivity index (χ4v) is 2.93. The maximum absolute atomic E-state index is 12.9. The summed E-state index contributed by atoms with van der Waals surface area (Å²) in [5.41, 5.74) is 5.17. The van der Waals surface area contributed by atoms with E-state index in [2.05, 4.69) is 20.4 Å². The van der Waals surface area contributed by atoms with Gasteiger partial charge in [-0.1, -0.05) is 41.1 Å². The molecule has 0 aliphatic heterocycles. The number of fused-ring (bicyclic) bond motifs is 1. The summed E-state index contributed by atoms with van der Waals surface area (Å²) in [4.78, 5) is 21.5. The van der Waals surface area contributed by atoms with Gasteiger partial charge in [0, 0.05) is 24.5 Å². The molecule has 1 amide bonds. The van der Waals surface area contributed by atoms with Crippen LogP contribution in [-0.4, -0.2) is 21.0 Å². The van der Waals surface area contributed by atoms with E-state index in [1.165, 1.54) is 0 Å². The van der Waals surface area contributed by atoms with Crippen LogP contribution in [0.5, 0.6) is 0 Å². The second-order valence-electron chi connectivity index (χ2n) is 6.41. The van der Waals surface area contributed by atoms with Crippen LogP contribution in [-0.2, 0) is 6.54 Å². The molecule has 0 unspecified atom stereocenters. The summed E-state index contributed by atoms with van der Waals surface area (Å²) >= 11 is 0. The molecule has 0 aliphatic carbocycles. The zero-order valence-corrected chi connectivity index (χ0v) is 15.1. The summed E-state index contributed by atoms with van der Waals surface area (Å²) in [5.74, 6) is -0.203. The Morgan fingerprint density at radius 3 is 2.70 bits per heavy atom. The van der Waals surface area contributed by atoms with Crippen LogP contribution in [0.25, 0.3) is 22.4 Å². The van der Waals surface area contributed by atoms with Crippen molar-refractivity contribution in [3.8, 4) is 11.3 Å². The summed E-state index contributed by atoms with van der Waals surface area (Å²) in [6.45, 7) is 4.22. The fraction of sp³-hybridized carbons (Fsp3) is 0.143. The first-order valence-corrected chi connectivity index (χ1v) is 8.63. The van der Waals surface area contributed by atoms with Crippen LogP contribution in [0.1, 0.15) is 27.2 Å². The van der Waals surface area contributed by atoms with E-state index in [0.717, 1.165) is 16.7 Å². The second kappa shape index (κ2) is 6.99. The molecule has 3 heterocycles. The third kappa shape index (κ3) is 3.42. The minimum absolute atomic E-state index is 0.203. The molecule has 0 saturated carbocycles. The number of carbonyl (C=O) groups is 1. The number of nitrogens with zero attached hydrogens (tertiary/aromatic N) is 3. The number of aryl methyl sites for hydroxylation is 2. The maximum atomic E-state index is 12.9. The minimum atomic E-state index is -0.203. The smallest absolute Gasteiger partial charge is 0.259 e. The molecular weight excluding hydrogens is 340 g/mol. The molecule has 4 aromatic rings. The average molecular weight is 358 g/mol. The van der Waals surface area contributed by atoms with E-state index in [0.29, 0.717) is 34.6 Å². The van der Waals surface area contributed by atoms with Gasteiger partial charge >= 0.3 is 0 Å². The van der Waals surface area contributed by atoms with Gasteiger partial charge < -0.3 is 9.84 Å². The first-order valence-electron chi connectivity index (χ1n) is 8.63. The largest absolute Gasteiger partial charge is 0.348 e. The van der Waals surface area contributed by atoms with Crippen LogP contribution < -0.4 is 5.32 Å². The molecule has 6 heteroatoms. The first-order chi connectivity index (χ1) is 13.1. The number of rotatable bonds is 4. The number of hydrogen-bond donors (Lipinski definition) is 1. The van der Waals surface area contributed by atoms with Crippen molar-refractivity contribution in [1.29, 1.82) is 0 Å². The van der Waals surface area contributed by atoms with Gasteiger partial charge in [0.05, 0.1) is 22.3 Å². The van der Waals surface area contributed by atoms with Crippen molar-refractivity contribution in [2.45, 2.75) is 20.4 Å². The minimum Gasteiger partial charge on any atom is -0.348 e. The number of benzene rings is 1. The lowest BCUT2D eigenvalue weighted by molar-refractivity contribution is 0.0952. The molecule has 0 atom stereocenters. The Labute approximate surface area is 156 Å². The standard InChI is InChI=1S/C21H18N4O2/c1-13-5-7-16(8-6-13)18-10-17(19-14(2)25-27-21(19)24-18)20(26)23-12-15-4-3-9-22-11-15/h3-11H,12H2,1-2H3,(H,23,26). The number of nitrogens with one attached hydrogen (secondary N) is 1. The highest BCUT2D eigenvalue weighted by Gasteiger charge is 2.19. The van der Waals surface area contributed by atoms with Crippen molar-refractivity contribution < 1.29 is 9.32 Å². The molecule has 0 saturated heterocycles. The number of hydrogen-bond acceptors (Lipinski definition) is 5. The Hall–Kier alpha value is -3.54. The molecule has 0 spiro atoms. The molecule has 4 rings (SSSR count). The van der Waals surface area contributed by atoms with E-state index in [1.807, 2.05) is 43.3 Å². The Bertz CT molecular complexity index is 1100. The zero-order chi connectivity index (χ0) is 18.8. The van der Waals surface area contributed by atoms with Crippen molar-refractivity contribution in [1.82, 2.24) is 20.4 Å². The second-order valence-corrected chi connectivity index (χ2v) is 6.41. The number of amides is 1. The topological polar surface area (TPSA) is 80.9 Å². The van der Waals surface area contributed by atoms with Crippen molar-refractivity contribution >= 4 is 17.0 Å². The SMILES string of the molecule is Cc1ccc(-c2cc(C(=O)NCc3cccnc3)c3c(C)noc3n2)cc1. The van der Waals surface area contributed by atoms with E-state index in [1.54, 1.807) is 25.4 Å². The molecule has 3 aromatic heterocycles. The van der Waals surface area contributed by atoms with Crippen LogP contribution in [0, 0.1) is 13.8 Å².